The predicted octanol–water partition coefficient (Wildman–Crippen LogP) is 1.09. The topological polar surface area (TPSA) is 76.7 Å². The van der Waals surface area contributed by atoms with Crippen LogP contribution in [0.3, 0.4) is 0 Å². The molecule has 80 valence electrons. The molecule has 0 unspecified atom stereocenters. The lowest BCUT2D eigenvalue weighted by Crippen LogP contribution is -2.22. The van der Waals surface area contributed by atoms with Crippen molar-refractivity contribution in [1.29, 1.82) is 0 Å². The zero-order valence-electron chi connectivity index (χ0n) is 8.47. The van der Waals surface area contributed by atoms with E-state index in [0.29, 0.717) is 24.3 Å². The molecule has 0 aliphatic rings. The van der Waals surface area contributed by atoms with Crippen molar-refractivity contribution < 1.29 is 4.52 Å². The molecule has 0 aromatic carbocycles. The molecule has 0 aliphatic heterocycles. The Balaban J connectivity index is 2.04. The molecular formula is C8H11N5OS. The van der Waals surface area contributed by atoms with E-state index in [9.17, 15) is 0 Å². The Kier molecular flexibility index (Phi) is 3.02. The van der Waals surface area contributed by atoms with Crippen molar-refractivity contribution in [2.75, 3.05) is 0 Å². The summed E-state index contributed by atoms with van der Waals surface area (Å²) >= 11 is 1.24. The standard InChI is InChI=1S/C8H11N5OS/c1-5(2)9-4-7-11-8(14-12-7)6-3-10-13-15-6/h3,5,9H,4H2,1-2H3. The van der Waals surface area contributed by atoms with Crippen LogP contribution in [-0.4, -0.2) is 25.8 Å². The summed E-state index contributed by atoms with van der Waals surface area (Å²) in [5, 5.41) is 10.8. The first-order valence-electron chi connectivity index (χ1n) is 4.59. The molecule has 0 spiro atoms. The molecule has 2 aromatic heterocycles. The van der Waals surface area contributed by atoms with Gasteiger partial charge in [-0.15, -0.1) is 5.10 Å². The lowest BCUT2D eigenvalue weighted by atomic mass is 10.4. The minimum absolute atomic E-state index is 0.400. The molecule has 15 heavy (non-hydrogen) atoms. The quantitative estimate of drug-likeness (QED) is 0.839. The van der Waals surface area contributed by atoms with E-state index in [1.807, 2.05) is 0 Å². The molecule has 0 radical (unpaired) electrons. The molecule has 0 aliphatic carbocycles. The summed E-state index contributed by atoms with van der Waals surface area (Å²) in [5.74, 6) is 1.12. The van der Waals surface area contributed by atoms with Crippen LogP contribution in [-0.2, 0) is 6.54 Å². The first-order valence-corrected chi connectivity index (χ1v) is 5.36. The van der Waals surface area contributed by atoms with Gasteiger partial charge in [-0.25, -0.2) is 0 Å². The van der Waals surface area contributed by atoms with Crippen LogP contribution >= 0.6 is 11.5 Å². The van der Waals surface area contributed by atoms with Crippen LogP contribution in [0.4, 0.5) is 0 Å². The maximum Gasteiger partial charge on any atom is 0.271 e. The number of hydrogen-bond donors (Lipinski definition) is 1. The van der Waals surface area contributed by atoms with Crippen LogP contribution in [0, 0.1) is 0 Å². The van der Waals surface area contributed by atoms with Gasteiger partial charge >= 0.3 is 0 Å². The van der Waals surface area contributed by atoms with Crippen LogP contribution < -0.4 is 5.32 Å². The maximum absolute atomic E-state index is 5.07. The number of rotatable bonds is 4. The average molecular weight is 225 g/mol. The summed E-state index contributed by atoms with van der Waals surface area (Å²) < 4.78 is 8.80. The van der Waals surface area contributed by atoms with E-state index >= 15 is 0 Å². The zero-order chi connectivity index (χ0) is 10.7. The molecule has 7 heteroatoms. The Hall–Kier alpha value is -1.34. The molecule has 0 bridgehead atoms. The molecule has 0 saturated heterocycles. The van der Waals surface area contributed by atoms with Crippen LogP contribution in [0.1, 0.15) is 19.7 Å². The highest BCUT2D eigenvalue weighted by Crippen LogP contribution is 2.18. The van der Waals surface area contributed by atoms with Gasteiger partial charge in [0.05, 0.1) is 12.7 Å². The fraction of sp³-hybridized carbons (Fsp3) is 0.500. The molecule has 0 saturated carbocycles. The van der Waals surface area contributed by atoms with Crippen molar-refractivity contribution in [1.82, 2.24) is 25.0 Å². The van der Waals surface area contributed by atoms with Gasteiger partial charge in [0.2, 0.25) is 0 Å². The Labute approximate surface area is 90.9 Å². The summed E-state index contributed by atoms with van der Waals surface area (Å²) in [6.07, 6.45) is 1.61. The third-order valence-corrected chi connectivity index (χ3v) is 2.36. The number of aromatic nitrogens is 4. The van der Waals surface area contributed by atoms with Crippen molar-refractivity contribution in [2.45, 2.75) is 26.4 Å². The lowest BCUT2D eigenvalue weighted by Gasteiger charge is -2.02. The summed E-state index contributed by atoms with van der Waals surface area (Å²) in [5.41, 5.74) is 0. The van der Waals surface area contributed by atoms with Crippen molar-refractivity contribution in [2.24, 2.45) is 0 Å². The van der Waals surface area contributed by atoms with Crippen molar-refractivity contribution in [3.63, 3.8) is 0 Å². The van der Waals surface area contributed by atoms with E-state index in [1.54, 1.807) is 6.20 Å². The number of nitrogens with zero attached hydrogens (tertiary/aromatic N) is 4. The maximum atomic E-state index is 5.07. The first kappa shape index (κ1) is 10.2. The van der Waals surface area contributed by atoms with E-state index in [-0.39, 0.29) is 0 Å². The molecule has 1 N–H and O–H groups in total. The zero-order valence-corrected chi connectivity index (χ0v) is 9.28. The van der Waals surface area contributed by atoms with Crippen LogP contribution in [0.15, 0.2) is 10.7 Å². The van der Waals surface area contributed by atoms with Crippen LogP contribution in [0.2, 0.25) is 0 Å². The second-order valence-corrected chi connectivity index (χ2v) is 4.12. The predicted molar refractivity (Wildman–Crippen MR) is 55.2 cm³/mol. The van der Waals surface area contributed by atoms with Gasteiger partial charge in [-0.05, 0) is 11.5 Å². The second kappa shape index (κ2) is 4.45. The second-order valence-electron chi connectivity index (χ2n) is 3.33. The molecule has 0 atom stereocenters. The third-order valence-electron chi connectivity index (χ3n) is 1.71. The van der Waals surface area contributed by atoms with Crippen LogP contribution in [0.5, 0.6) is 0 Å². The fourth-order valence-corrected chi connectivity index (χ4v) is 1.42. The highest BCUT2D eigenvalue weighted by molar-refractivity contribution is 7.09. The number of nitrogens with one attached hydrogen (secondary N) is 1. The Morgan fingerprint density at radius 3 is 3.07 bits per heavy atom. The molecule has 2 aromatic rings. The SMILES string of the molecule is CC(C)NCc1noc(-c2cnns2)n1. The van der Waals surface area contributed by atoms with Gasteiger partial charge in [-0.2, -0.15) is 4.98 Å². The first-order chi connectivity index (χ1) is 7.25. The van der Waals surface area contributed by atoms with Gasteiger partial charge in [0.15, 0.2) is 5.82 Å². The monoisotopic (exact) mass is 225 g/mol. The smallest absolute Gasteiger partial charge is 0.271 e. The van der Waals surface area contributed by atoms with E-state index in [2.05, 4.69) is 38.9 Å². The van der Waals surface area contributed by atoms with Gasteiger partial charge < -0.3 is 9.84 Å². The summed E-state index contributed by atoms with van der Waals surface area (Å²) in [7, 11) is 0. The molecular weight excluding hydrogens is 214 g/mol. The highest BCUT2D eigenvalue weighted by atomic mass is 32.1. The summed E-state index contributed by atoms with van der Waals surface area (Å²) in [6, 6.07) is 0.400. The van der Waals surface area contributed by atoms with Crippen molar-refractivity contribution >= 4 is 11.5 Å². The van der Waals surface area contributed by atoms with Gasteiger partial charge in [0, 0.05) is 6.04 Å². The molecule has 6 nitrogen and oxygen atoms in total. The minimum atomic E-state index is 0.400. The van der Waals surface area contributed by atoms with E-state index < -0.39 is 0 Å². The lowest BCUT2D eigenvalue weighted by molar-refractivity contribution is 0.418. The Bertz CT molecular complexity index is 410. The largest absolute Gasteiger partial charge is 0.333 e. The van der Waals surface area contributed by atoms with E-state index in [4.69, 9.17) is 4.52 Å². The average Bonchev–Trinajstić information content (AvgIpc) is 2.85. The van der Waals surface area contributed by atoms with Gasteiger partial charge in [0.25, 0.3) is 5.89 Å². The van der Waals surface area contributed by atoms with Gasteiger partial charge in [-0.1, -0.05) is 23.5 Å². The van der Waals surface area contributed by atoms with E-state index in [1.165, 1.54) is 11.5 Å². The van der Waals surface area contributed by atoms with Crippen molar-refractivity contribution in [3.05, 3.63) is 12.0 Å². The third kappa shape index (κ3) is 2.57. The molecule has 2 heterocycles. The summed E-state index contributed by atoms with van der Waals surface area (Å²) in [4.78, 5) is 5.00. The van der Waals surface area contributed by atoms with Crippen LogP contribution in [0.25, 0.3) is 10.8 Å². The molecule has 0 amide bonds. The Morgan fingerprint density at radius 2 is 2.40 bits per heavy atom. The highest BCUT2D eigenvalue weighted by Gasteiger charge is 2.10. The molecule has 0 fully saturated rings. The molecule has 2 rings (SSSR count). The van der Waals surface area contributed by atoms with Crippen molar-refractivity contribution in [3.8, 4) is 10.8 Å². The van der Waals surface area contributed by atoms with E-state index in [0.717, 1.165) is 4.88 Å². The van der Waals surface area contributed by atoms with Gasteiger partial charge in [0.1, 0.15) is 4.88 Å². The van der Waals surface area contributed by atoms with Gasteiger partial charge in [-0.3, -0.25) is 0 Å². The normalized spacial score (nSPS) is 11.1. The number of hydrogen-bond acceptors (Lipinski definition) is 7. The Morgan fingerprint density at radius 1 is 1.53 bits per heavy atom. The minimum Gasteiger partial charge on any atom is -0.333 e. The summed E-state index contributed by atoms with van der Waals surface area (Å²) in [6.45, 7) is 4.73. The fourth-order valence-electron chi connectivity index (χ4n) is 0.983.